The molecule has 0 bridgehead atoms. The second kappa shape index (κ2) is 11.2. The number of ether oxygens (including phenoxy) is 1. The molecule has 2 fully saturated rings. The lowest BCUT2D eigenvalue weighted by Crippen LogP contribution is -2.49. The number of aromatic amines is 1. The van der Waals surface area contributed by atoms with Gasteiger partial charge in [0.05, 0.1) is 16.7 Å². The van der Waals surface area contributed by atoms with Crippen molar-refractivity contribution in [3.05, 3.63) is 46.9 Å². The number of aromatic nitrogens is 4. The lowest BCUT2D eigenvalue weighted by atomic mass is 10.0. The van der Waals surface area contributed by atoms with Gasteiger partial charge in [0.25, 0.3) is 0 Å². The first-order valence-corrected chi connectivity index (χ1v) is 14.3. The molecule has 0 saturated carbocycles. The summed E-state index contributed by atoms with van der Waals surface area (Å²) in [4.78, 5) is 30.5. The molecular formula is C28H34ClFN8O2. The lowest BCUT2D eigenvalue weighted by molar-refractivity contribution is -0.126. The van der Waals surface area contributed by atoms with Gasteiger partial charge in [-0.25, -0.2) is 4.39 Å². The van der Waals surface area contributed by atoms with Crippen LogP contribution in [0.25, 0.3) is 10.9 Å². The number of likely N-dealkylation sites (tertiary alicyclic amines) is 1. The molecule has 212 valence electrons. The highest BCUT2D eigenvalue weighted by molar-refractivity contribution is 6.32. The third-order valence-corrected chi connectivity index (χ3v) is 8.74. The number of piperazine rings is 1. The van der Waals surface area contributed by atoms with Crippen LogP contribution in [0.5, 0.6) is 6.01 Å². The summed E-state index contributed by atoms with van der Waals surface area (Å²) in [5, 5.41) is 7.84. The van der Waals surface area contributed by atoms with Gasteiger partial charge in [-0.05, 0) is 45.4 Å². The Bertz CT molecular complexity index is 1420. The SMILES string of the molecule is C=CC(=O)N1CCN(c2nc(OC[C@@H]3CCCN3C)nc3c2CCCN3Cc2c(Cl)c(F)cc3[nH]ncc23)CC1. The minimum atomic E-state index is -0.481. The number of H-pyrrole nitrogens is 1. The van der Waals surface area contributed by atoms with Gasteiger partial charge >= 0.3 is 6.01 Å². The van der Waals surface area contributed by atoms with Crippen molar-refractivity contribution in [3.8, 4) is 6.01 Å². The van der Waals surface area contributed by atoms with Crippen LogP contribution in [-0.2, 0) is 17.8 Å². The third-order valence-electron chi connectivity index (χ3n) is 8.33. The smallest absolute Gasteiger partial charge is 0.320 e. The zero-order chi connectivity index (χ0) is 27.8. The second-order valence-corrected chi connectivity index (χ2v) is 11.1. The van der Waals surface area contributed by atoms with Crippen LogP contribution in [-0.4, -0.2) is 94.8 Å². The van der Waals surface area contributed by atoms with Gasteiger partial charge < -0.3 is 24.3 Å². The maximum absolute atomic E-state index is 14.7. The lowest BCUT2D eigenvalue weighted by Gasteiger charge is -2.38. The molecule has 40 heavy (non-hydrogen) atoms. The van der Waals surface area contributed by atoms with Crippen LogP contribution in [0.1, 0.15) is 30.4 Å². The average molecular weight is 569 g/mol. The third kappa shape index (κ3) is 5.08. The van der Waals surface area contributed by atoms with E-state index in [2.05, 4.69) is 38.5 Å². The van der Waals surface area contributed by atoms with Crippen molar-refractivity contribution >= 4 is 40.0 Å². The van der Waals surface area contributed by atoms with E-state index in [-0.39, 0.29) is 10.9 Å². The van der Waals surface area contributed by atoms with Gasteiger partial charge in [-0.1, -0.05) is 18.2 Å². The van der Waals surface area contributed by atoms with Gasteiger partial charge in [-0.15, -0.1) is 0 Å². The van der Waals surface area contributed by atoms with Crippen LogP contribution >= 0.6 is 11.6 Å². The van der Waals surface area contributed by atoms with Gasteiger partial charge in [0.2, 0.25) is 5.91 Å². The summed E-state index contributed by atoms with van der Waals surface area (Å²) in [6.45, 7) is 8.80. The highest BCUT2D eigenvalue weighted by Gasteiger charge is 2.31. The Morgan fingerprint density at radius 3 is 2.75 bits per heavy atom. The number of nitrogens with one attached hydrogen (secondary N) is 1. The first kappa shape index (κ1) is 26.8. The summed E-state index contributed by atoms with van der Waals surface area (Å²) in [6.07, 6.45) is 6.99. The number of anilines is 2. The largest absolute Gasteiger partial charge is 0.462 e. The summed E-state index contributed by atoms with van der Waals surface area (Å²) in [5.41, 5.74) is 2.32. The molecule has 5 heterocycles. The first-order valence-electron chi connectivity index (χ1n) is 13.9. The molecule has 1 amide bonds. The number of carbonyl (C=O) groups is 1. The summed E-state index contributed by atoms with van der Waals surface area (Å²) >= 11 is 6.49. The standard InChI is InChI=1S/C28H34ClFN8O2/c1-3-24(39)36-10-12-37(13-11-36)26-19-7-5-9-38(16-21-20-15-31-34-23(20)14-22(30)25(21)29)27(19)33-28(32-26)40-17-18-6-4-8-35(18)2/h3,14-15,18H,1,4-13,16-17H2,2H3,(H,31,34)/t18-/m0/s1. The van der Waals surface area contributed by atoms with E-state index in [4.69, 9.17) is 26.3 Å². The van der Waals surface area contributed by atoms with E-state index < -0.39 is 5.82 Å². The number of benzene rings is 1. The van der Waals surface area contributed by atoms with Crippen molar-refractivity contribution in [2.24, 2.45) is 0 Å². The Morgan fingerprint density at radius 2 is 2.00 bits per heavy atom. The van der Waals surface area contributed by atoms with Crippen LogP contribution in [0.15, 0.2) is 24.9 Å². The molecule has 6 rings (SSSR count). The normalized spacial score (nSPS) is 19.8. The van der Waals surface area contributed by atoms with E-state index in [1.54, 1.807) is 11.1 Å². The average Bonchev–Trinajstić information content (AvgIpc) is 3.62. The molecule has 3 aromatic rings. The summed E-state index contributed by atoms with van der Waals surface area (Å²) in [6, 6.07) is 2.04. The van der Waals surface area contributed by atoms with E-state index in [1.807, 2.05) is 0 Å². The van der Waals surface area contributed by atoms with Crippen molar-refractivity contribution in [2.45, 2.75) is 38.3 Å². The molecule has 12 heteroatoms. The molecule has 10 nitrogen and oxygen atoms in total. The van der Waals surface area contributed by atoms with Gasteiger partial charge in [0.1, 0.15) is 24.1 Å². The zero-order valence-electron chi connectivity index (χ0n) is 22.7. The zero-order valence-corrected chi connectivity index (χ0v) is 23.5. The fourth-order valence-corrected chi connectivity index (χ4v) is 6.25. The Hall–Kier alpha value is -3.44. The van der Waals surface area contributed by atoms with E-state index in [0.29, 0.717) is 62.5 Å². The molecule has 2 aromatic heterocycles. The maximum atomic E-state index is 14.7. The highest BCUT2D eigenvalue weighted by atomic mass is 35.5. The number of likely N-dealkylation sites (N-methyl/N-ethyl adjacent to an activating group) is 1. The van der Waals surface area contributed by atoms with Gasteiger partial charge in [-0.2, -0.15) is 15.1 Å². The molecule has 3 aliphatic heterocycles. The maximum Gasteiger partial charge on any atom is 0.320 e. The molecule has 0 spiro atoms. The number of fused-ring (bicyclic) bond motifs is 2. The molecular weight excluding hydrogens is 535 g/mol. The van der Waals surface area contributed by atoms with Crippen molar-refractivity contribution in [1.82, 2.24) is 30.0 Å². The Balaban J connectivity index is 1.34. The van der Waals surface area contributed by atoms with Crippen molar-refractivity contribution < 1.29 is 13.9 Å². The Kier molecular flexibility index (Phi) is 7.50. The molecule has 1 atom stereocenters. The van der Waals surface area contributed by atoms with Crippen LogP contribution < -0.4 is 14.5 Å². The van der Waals surface area contributed by atoms with Crippen LogP contribution in [0, 0.1) is 5.82 Å². The Morgan fingerprint density at radius 1 is 1.20 bits per heavy atom. The van der Waals surface area contributed by atoms with Crippen LogP contribution in [0.4, 0.5) is 16.0 Å². The van der Waals surface area contributed by atoms with E-state index in [0.717, 1.165) is 61.4 Å². The summed E-state index contributed by atoms with van der Waals surface area (Å²) < 4.78 is 21.0. The van der Waals surface area contributed by atoms with Crippen molar-refractivity contribution in [1.29, 1.82) is 0 Å². The molecule has 2 saturated heterocycles. The second-order valence-electron chi connectivity index (χ2n) is 10.7. The van der Waals surface area contributed by atoms with E-state index in [1.165, 1.54) is 12.1 Å². The molecule has 0 aliphatic carbocycles. The number of carbonyl (C=O) groups excluding carboxylic acids is 1. The minimum absolute atomic E-state index is 0.0576. The van der Waals surface area contributed by atoms with Crippen molar-refractivity contribution in [3.63, 3.8) is 0 Å². The molecule has 3 aliphatic rings. The predicted octanol–water partition coefficient (Wildman–Crippen LogP) is 3.41. The number of halogens is 2. The van der Waals surface area contributed by atoms with Crippen molar-refractivity contribution in [2.75, 3.05) is 62.7 Å². The van der Waals surface area contributed by atoms with Gasteiger partial charge in [0, 0.05) is 67.9 Å². The monoisotopic (exact) mass is 568 g/mol. The first-order chi connectivity index (χ1) is 19.4. The molecule has 1 N–H and O–H groups in total. The topological polar surface area (TPSA) is 93.7 Å². The number of nitrogens with zero attached hydrogens (tertiary/aromatic N) is 7. The highest BCUT2D eigenvalue weighted by Crippen LogP contribution is 2.37. The minimum Gasteiger partial charge on any atom is -0.462 e. The fraction of sp³-hybridized carbons (Fsp3) is 0.500. The predicted molar refractivity (Wildman–Crippen MR) is 153 cm³/mol. The molecule has 0 radical (unpaired) electrons. The molecule has 1 aromatic carbocycles. The Labute approximate surface area is 237 Å². The van der Waals surface area contributed by atoms with Gasteiger partial charge in [0.15, 0.2) is 0 Å². The quantitative estimate of drug-likeness (QED) is 0.434. The fourth-order valence-electron chi connectivity index (χ4n) is 6.03. The molecule has 0 unspecified atom stereocenters. The van der Waals surface area contributed by atoms with Gasteiger partial charge in [-0.3, -0.25) is 9.89 Å². The number of hydrogen-bond donors (Lipinski definition) is 1. The summed E-state index contributed by atoms with van der Waals surface area (Å²) in [5.74, 6) is 1.09. The van der Waals surface area contributed by atoms with E-state index in [9.17, 15) is 9.18 Å². The van der Waals surface area contributed by atoms with E-state index >= 15 is 0 Å². The number of rotatable bonds is 7. The van der Waals surface area contributed by atoms with Crippen LogP contribution in [0.2, 0.25) is 5.02 Å². The number of hydrogen-bond acceptors (Lipinski definition) is 8. The summed E-state index contributed by atoms with van der Waals surface area (Å²) in [7, 11) is 2.12. The van der Waals surface area contributed by atoms with Crippen LogP contribution in [0.3, 0.4) is 0 Å². The number of amides is 1.